The molecule has 1 fully saturated rings. The molecule has 0 amide bonds. The van der Waals surface area contributed by atoms with Gasteiger partial charge in [-0.05, 0) is 74.1 Å². The van der Waals surface area contributed by atoms with Gasteiger partial charge in [-0.1, -0.05) is 61.0 Å². The van der Waals surface area contributed by atoms with Crippen LogP contribution in [0, 0.1) is 5.92 Å². The Labute approximate surface area is 153 Å². The van der Waals surface area contributed by atoms with Gasteiger partial charge in [0.25, 0.3) is 0 Å². The number of benzene rings is 2. The van der Waals surface area contributed by atoms with Crippen LogP contribution in [0.25, 0.3) is 0 Å². The van der Waals surface area contributed by atoms with E-state index in [1.54, 1.807) is 11.1 Å². The van der Waals surface area contributed by atoms with Crippen LogP contribution < -0.4 is 0 Å². The first-order valence-corrected chi connectivity index (χ1v) is 10.2. The molecule has 0 spiro atoms. The smallest absolute Gasteiger partial charge is 0.0136 e. The standard InChI is InChI=1S/C24H31N/c1-3-9-20(10-4-1)11-5-2-8-16-25-19-21-14-15-24(25)18-23-13-7-6-12-22(23)17-21/h1,3-4,6-7,9-10,12-13,21,24H,2,5,8,11,14-19H2/t21-,24-/m1/s1. The van der Waals surface area contributed by atoms with Crippen LogP contribution in [0.5, 0.6) is 0 Å². The fourth-order valence-electron chi connectivity index (χ4n) is 4.84. The number of unbranched alkanes of at least 4 members (excludes halogenated alkanes) is 2. The van der Waals surface area contributed by atoms with Crippen LogP contribution in [0.1, 0.15) is 48.8 Å². The van der Waals surface area contributed by atoms with Crippen LogP contribution in [-0.4, -0.2) is 24.0 Å². The Kier molecular flexibility index (Phi) is 5.52. The second kappa shape index (κ2) is 8.19. The van der Waals surface area contributed by atoms with E-state index in [1.165, 1.54) is 70.0 Å². The molecule has 0 saturated carbocycles. The minimum Gasteiger partial charge on any atom is -0.300 e. The molecule has 1 nitrogen and oxygen atoms in total. The molecule has 0 radical (unpaired) electrons. The number of piperidine rings is 1. The molecule has 2 heterocycles. The molecule has 2 aromatic carbocycles. The maximum Gasteiger partial charge on any atom is 0.0136 e. The summed E-state index contributed by atoms with van der Waals surface area (Å²) in [6.07, 6.45) is 10.7. The zero-order valence-corrected chi connectivity index (χ0v) is 15.4. The van der Waals surface area contributed by atoms with Crippen LogP contribution >= 0.6 is 0 Å². The van der Waals surface area contributed by atoms with Crippen LogP contribution in [0.4, 0.5) is 0 Å². The quantitative estimate of drug-likeness (QED) is 0.650. The minimum absolute atomic E-state index is 0.784. The van der Waals surface area contributed by atoms with Gasteiger partial charge >= 0.3 is 0 Å². The van der Waals surface area contributed by atoms with E-state index in [0.717, 1.165) is 12.0 Å². The predicted molar refractivity (Wildman–Crippen MR) is 106 cm³/mol. The maximum atomic E-state index is 2.83. The predicted octanol–water partition coefficient (Wildman–Crippen LogP) is 5.28. The van der Waals surface area contributed by atoms with E-state index in [-0.39, 0.29) is 0 Å². The van der Waals surface area contributed by atoms with Crippen molar-refractivity contribution >= 4 is 0 Å². The largest absolute Gasteiger partial charge is 0.300 e. The molecule has 0 unspecified atom stereocenters. The van der Waals surface area contributed by atoms with Gasteiger partial charge in [-0.15, -0.1) is 0 Å². The van der Waals surface area contributed by atoms with Gasteiger partial charge in [0.1, 0.15) is 0 Å². The van der Waals surface area contributed by atoms with Crippen molar-refractivity contribution < 1.29 is 0 Å². The molecule has 0 N–H and O–H groups in total. The zero-order valence-electron chi connectivity index (χ0n) is 15.4. The first-order chi connectivity index (χ1) is 12.4. The second-order valence-electron chi connectivity index (χ2n) is 8.07. The summed E-state index contributed by atoms with van der Waals surface area (Å²) >= 11 is 0. The molecule has 1 aliphatic carbocycles. The van der Waals surface area contributed by atoms with Gasteiger partial charge in [0.15, 0.2) is 0 Å². The molecule has 5 rings (SSSR count). The van der Waals surface area contributed by atoms with E-state index in [4.69, 9.17) is 0 Å². The molecular formula is C24H31N. The number of hydrogen-bond donors (Lipinski definition) is 0. The summed E-state index contributed by atoms with van der Waals surface area (Å²) in [7, 11) is 0. The fraction of sp³-hybridized carbons (Fsp3) is 0.500. The van der Waals surface area contributed by atoms with Gasteiger partial charge in [-0.3, -0.25) is 4.90 Å². The highest BCUT2D eigenvalue weighted by Gasteiger charge is 2.31. The number of aryl methyl sites for hydroxylation is 1. The van der Waals surface area contributed by atoms with Gasteiger partial charge in [-0.2, -0.15) is 0 Å². The highest BCUT2D eigenvalue weighted by molar-refractivity contribution is 5.29. The van der Waals surface area contributed by atoms with Crippen LogP contribution in [0.15, 0.2) is 54.6 Å². The van der Waals surface area contributed by atoms with Crippen molar-refractivity contribution in [2.45, 2.75) is 57.4 Å². The van der Waals surface area contributed by atoms with Crippen molar-refractivity contribution in [1.82, 2.24) is 4.90 Å². The average molecular weight is 334 g/mol. The number of rotatable bonds is 6. The molecule has 2 atom stereocenters. The van der Waals surface area contributed by atoms with Crippen molar-refractivity contribution in [2.75, 3.05) is 13.1 Å². The van der Waals surface area contributed by atoms with E-state index in [1.807, 2.05) is 0 Å². The van der Waals surface area contributed by atoms with Crippen molar-refractivity contribution in [3.63, 3.8) is 0 Å². The Morgan fingerprint density at radius 3 is 2.36 bits per heavy atom. The van der Waals surface area contributed by atoms with E-state index in [2.05, 4.69) is 59.5 Å². The lowest BCUT2D eigenvalue weighted by atomic mass is 9.80. The first kappa shape index (κ1) is 16.8. The van der Waals surface area contributed by atoms with Crippen molar-refractivity contribution in [3.05, 3.63) is 71.3 Å². The Bertz CT molecular complexity index is 663. The number of fused-ring (bicyclic) bond motifs is 2. The monoisotopic (exact) mass is 333 g/mol. The highest BCUT2D eigenvalue weighted by Crippen LogP contribution is 2.32. The Balaban J connectivity index is 1.27. The number of nitrogens with zero attached hydrogens (tertiary/aromatic N) is 1. The topological polar surface area (TPSA) is 3.24 Å². The molecule has 2 aromatic rings. The average Bonchev–Trinajstić information content (AvgIpc) is 2.63. The number of hydrogen-bond acceptors (Lipinski definition) is 1. The van der Waals surface area contributed by atoms with Crippen LogP contribution in [0.3, 0.4) is 0 Å². The molecule has 132 valence electrons. The minimum atomic E-state index is 0.784. The summed E-state index contributed by atoms with van der Waals surface area (Å²) in [5, 5.41) is 0. The van der Waals surface area contributed by atoms with Crippen molar-refractivity contribution in [2.24, 2.45) is 5.92 Å². The molecule has 1 saturated heterocycles. The summed E-state index contributed by atoms with van der Waals surface area (Å²) in [6.45, 7) is 2.63. The third kappa shape index (κ3) is 4.33. The van der Waals surface area contributed by atoms with Crippen LogP contribution in [-0.2, 0) is 19.3 Å². The van der Waals surface area contributed by atoms with Gasteiger partial charge in [0.05, 0.1) is 0 Å². The van der Waals surface area contributed by atoms with Gasteiger partial charge in [0, 0.05) is 12.6 Å². The Morgan fingerprint density at radius 2 is 1.52 bits per heavy atom. The van der Waals surface area contributed by atoms with Gasteiger partial charge < -0.3 is 0 Å². The maximum absolute atomic E-state index is 2.83. The Hall–Kier alpha value is -1.60. The zero-order chi connectivity index (χ0) is 16.9. The highest BCUT2D eigenvalue weighted by atomic mass is 15.2. The van der Waals surface area contributed by atoms with E-state index < -0.39 is 0 Å². The summed E-state index contributed by atoms with van der Waals surface area (Å²) in [5.74, 6) is 0.877. The van der Waals surface area contributed by atoms with E-state index in [0.29, 0.717) is 0 Å². The molecule has 1 heteroatoms. The van der Waals surface area contributed by atoms with Crippen molar-refractivity contribution in [3.8, 4) is 0 Å². The fourth-order valence-corrected chi connectivity index (χ4v) is 4.84. The summed E-state index contributed by atoms with van der Waals surface area (Å²) in [4.78, 5) is 2.83. The summed E-state index contributed by atoms with van der Waals surface area (Å²) < 4.78 is 0. The lowest BCUT2D eigenvalue weighted by molar-refractivity contribution is 0.0991. The molecule has 3 aliphatic rings. The second-order valence-corrected chi connectivity index (χ2v) is 8.07. The normalized spacial score (nSPS) is 23.0. The third-order valence-electron chi connectivity index (χ3n) is 6.25. The first-order valence-electron chi connectivity index (χ1n) is 10.2. The van der Waals surface area contributed by atoms with E-state index >= 15 is 0 Å². The molecule has 2 aliphatic heterocycles. The lowest BCUT2D eigenvalue weighted by Crippen LogP contribution is -2.46. The summed E-state index contributed by atoms with van der Waals surface area (Å²) in [6, 6.07) is 20.9. The third-order valence-corrected chi connectivity index (χ3v) is 6.25. The SMILES string of the molecule is c1ccc(CCCCCN2C[C@@H]3CC[C@@H]2Cc2ccccc2C3)cc1. The van der Waals surface area contributed by atoms with Crippen molar-refractivity contribution in [1.29, 1.82) is 0 Å². The molecule has 25 heavy (non-hydrogen) atoms. The molecule has 2 bridgehead atoms. The van der Waals surface area contributed by atoms with E-state index in [9.17, 15) is 0 Å². The van der Waals surface area contributed by atoms with Crippen LogP contribution in [0.2, 0.25) is 0 Å². The van der Waals surface area contributed by atoms with Gasteiger partial charge in [-0.25, -0.2) is 0 Å². The lowest BCUT2D eigenvalue weighted by Gasteiger charge is -2.42. The molecular weight excluding hydrogens is 302 g/mol. The summed E-state index contributed by atoms with van der Waals surface area (Å²) in [5.41, 5.74) is 4.73. The molecule has 0 aromatic heterocycles. The Morgan fingerprint density at radius 1 is 0.760 bits per heavy atom. The van der Waals surface area contributed by atoms with Gasteiger partial charge in [0.2, 0.25) is 0 Å².